The SMILES string of the molecule is Cc1nc2cnc(-c3cccc(O)c3)cn2c1NC(=O)c1cccs1. The lowest BCUT2D eigenvalue weighted by Crippen LogP contribution is -2.12. The van der Waals surface area contributed by atoms with E-state index < -0.39 is 0 Å². The average Bonchev–Trinajstić information content (AvgIpc) is 3.23. The maximum absolute atomic E-state index is 12.4. The normalized spacial score (nSPS) is 10.9. The van der Waals surface area contributed by atoms with Crippen molar-refractivity contribution in [3.05, 3.63) is 64.7 Å². The van der Waals surface area contributed by atoms with E-state index in [0.29, 0.717) is 27.7 Å². The van der Waals surface area contributed by atoms with Crippen molar-refractivity contribution in [1.29, 1.82) is 0 Å². The zero-order chi connectivity index (χ0) is 17.4. The second-order valence-corrected chi connectivity index (χ2v) is 6.48. The number of imidazole rings is 1. The Balaban J connectivity index is 1.77. The van der Waals surface area contributed by atoms with Gasteiger partial charge < -0.3 is 10.4 Å². The molecule has 0 atom stereocenters. The Labute approximate surface area is 147 Å². The van der Waals surface area contributed by atoms with Crippen molar-refractivity contribution in [2.24, 2.45) is 0 Å². The van der Waals surface area contributed by atoms with Crippen LogP contribution in [0.2, 0.25) is 0 Å². The van der Waals surface area contributed by atoms with Crippen molar-refractivity contribution in [2.75, 3.05) is 5.32 Å². The van der Waals surface area contributed by atoms with Crippen LogP contribution in [0.15, 0.2) is 54.2 Å². The first kappa shape index (κ1) is 15.3. The summed E-state index contributed by atoms with van der Waals surface area (Å²) in [6.45, 7) is 1.84. The fourth-order valence-corrected chi connectivity index (χ4v) is 3.23. The van der Waals surface area contributed by atoms with Gasteiger partial charge in [-0.2, -0.15) is 0 Å². The number of rotatable bonds is 3. The van der Waals surface area contributed by atoms with Crippen LogP contribution in [0.1, 0.15) is 15.4 Å². The van der Waals surface area contributed by atoms with E-state index in [2.05, 4.69) is 15.3 Å². The van der Waals surface area contributed by atoms with Crippen molar-refractivity contribution in [3.63, 3.8) is 0 Å². The van der Waals surface area contributed by atoms with Crippen molar-refractivity contribution < 1.29 is 9.90 Å². The fourth-order valence-electron chi connectivity index (χ4n) is 2.61. The van der Waals surface area contributed by atoms with Crippen LogP contribution in [0.4, 0.5) is 5.82 Å². The number of aromatic nitrogens is 3. The number of phenolic OH excluding ortho intramolecular Hbond substituents is 1. The fraction of sp³-hybridized carbons (Fsp3) is 0.0556. The van der Waals surface area contributed by atoms with Gasteiger partial charge in [0.15, 0.2) is 5.65 Å². The number of hydrogen-bond donors (Lipinski definition) is 2. The molecule has 0 aliphatic carbocycles. The number of nitrogens with one attached hydrogen (secondary N) is 1. The van der Waals surface area contributed by atoms with E-state index in [-0.39, 0.29) is 11.7 Å². The third-order valence-corrected chi connectivity index (χ3v) is 4.67. The van der Waals surface area contributed by atoms with E-state index in [1.165, 1.54) is 11.3 Å². The Bertz CT molecular complexity index is 1070. The van der Waals surface area contributed by atoms with E-state index in [4.69, 9.17) is 0 Å². The molecule has 0 aliphatic rings. The molecule has 4 aromatic rings. The highest BCUT2D eigenvalue weighted by molar-refractivity contribution is 7.12. The van der Waals surface area contributed by atoms with Gasteiger partial charge in [-0.15, -0.1) is 11.3 Å². The summed E-state index contributed by atoms with van der Waals surface area (Å²) in [4.78, 5) is 21.9. The highest BCUT2D eigenvalue weighted by Gasteiger charge is 2.15. The van der Waals surface area contributed by atoms with E-state index in [9.17, 15) is 9.90 Å². The standard InChI is InChI=1S/C18H14N4O2S/c1-11-17(21-18(24)15-6-3-7-25-15)22-10-14(19-9-16(22)20-11)12-4-2-5-13(23)8-12/h2-10,23H,1H3,(H,21,24). The van der Waals surface area contributed by atoms with Gasteiger partial charge in [0, 0.05) is 11.8 Å². The van der Waals surface area contributed by atoms with Crippen molar-refractivity contribution >= 4 is 28.7 Å². The van der Waals surface area contributed by atoms with Crippen LogP contribution in [0.5, 0.6) is 5.75 Å². The number of thiophene rings is 1. The lowest BCUT2D eigenvalue weighted by atomic mass is 10.1. The maximum atomic E-state index is 12.4. The Morgan fingerprint density at radius 2 is 2.16 bits per heavy atom. The van der Waals surface area contributed by atoms with E-state index in [0.717, 1.165) is 5.56 Å². The molecule has 3 aromatic heterocycles. The number of hydrogen-bond acceptors (Lipinski definition) is 5. The zero-order valence-electron chi connectivity index (χ0n) is 13.3. The zero-order valence-corrected chi connectivity index (χ0v) is 14.1. The second kappa shape index (κ2) is 6.03. The van der Waals surface area contributed by atoms with Gasteiger partial charge in [-0.05, 0) is 30.5 Å². The maximum Gasteiger partial charge on any atom is 0.266 e. The molecule has 0 bridgehead atoms. The third-order valence-electron chi connectivity index (χ3n) is 3.80. The van der Waals surface area contributed by atoms with Crippen LogP contribution < -0.4 is 5.32 Å². The number of phenols is 1. The van der Waals surface area contributed by atoms with Crippen molar-refractivity contribution in [1.82, 2.24) is 14.4 Å². The van der Waals surface area contributed by atoms with Crippen LogP contribution in [0.3, 0.4) is 0 Å². The minimum absolute atomic E-state index is 0.171. The average molecular weight is 350 g/mol. The molecule has 7 heteroatoms. The molecule has 0 spiro atoms. The van der Waals surface area contributed by atoms with Gasteiger partial charge in [-0.1, -0.05) is 18.2 Å². The topological polar surface area (TPSA) is 79.5 Å². The van der Waals surface area contributed by atoms with Gasteiger partial charge in [-0.25, -0.2) is 4.98 Å². The molecular weight excluding hydrogens is 336 g/mol. The molecule has 1 amide bonds. The summed E-state index contributed by atoms with van der Waals surface area (Å²) in [6, 6.07) is 10.5. The number of aryl methyl sites for hydroxylation is 1. The Kier molecular flexibility index (Phi) is 3.70. The van der Waals surface area contributed by atoms with Gasteiger partial charge in [0.1, 0.15) is 11.6 Å². The molecule has 124 valence electrons. The quantitative estimate of drug-likeness (QED) is 0.590. The Morgan fingerprint density at radius 3 is 2.92 bits per heavy atom. The smallest absolute Gasteiger partial charge is 0.266 e. The molecule has 0 fully saturated rings. The molecule has 0 unspecified atom stereocenters. The number of benzene rings is 1. The number of nitrogens with zero attached hydrogens (tertiary/aromatic N) is 3. The number of carbonyl (C=O) groups is 1. The summed E-state index contributed by atoms with van der Waals surface area (Å²) < 4.78 is 1.80. The monoisotopic (exact) mass is 350 g/mol. The van der Waals surface area contributed by atoms with Gasteiger partial charge in [0.2, 0.25) is 0 Å². The minimum atomic E-state index is -0.171. The first-order valence-electron chi connectivity index (χ1n) is 7.61. The number of amides is 1. The predicted molar refractivity (Wildman–Crippen MR) is 97.1 cm³/mol. The lowest BCUT2D eigenvalue weighted by Gasteiger charge is -2.07. The largest absolute Gasteiger partial charge is 0.508 e. The number of fused-ring (bicyclic) bond motifs is 1. The second-order valence-electron chi connectivity index (χ2n) is 5.53. The lowest BCUT2D eigenvalue weighted by molar-refractivity contribution is 0.103. The molecule has 0 saturated heterocycles. The van der Waals surface area contributed by atoms with Crippen molar-refractivity contribution in [3.8, 4) is 17.0 Å². The number of carbonyl (C=O) groups excluding carboxylic acids is 1. The summed E-state index contributed by atoms with van der Waals surface area (Å²) >= 11 is 1.38. The Morgan fingerprint density at radius 1 is 1.28 bits per heavy atom. The first-order chi connectivity index (χ1) is 12.1. The first-order valence-corrected chi connectivity index (χ1v) is 8.49. The summed E-state index contributed by atoms with van der Waals surface area (Å²) in [7, 11) is 0. The summed E-state index contributed by atoms with van der Waals surface area (Å²) in [5.41, 5.74) is 2.80. The van der Waals surface area contributed by atoms with Gasteiger partial charge in [-0.3, -0.25) is 14.2 Å². The van der Waals surface area contributed by atoms with Crippen LogP contribution in [0.25, 0.3) is 16.9 Å². The summed E-state index contributed by atoms with van der Waals surface area (Å²) in [6.07, 6.45) is 3.45. The molecule has 6 nitrogen and oxygen atoms in total. The Hall–Kier alpha value is -3.19. The van der Waals surface area contributed by atoms with Crippen LogP contribution in [0, 0.1) is 6.92 Å². The van der Waals surface area contributed by atoms with E-state index in [1.807, 2.05) is 24.4 Å². The summed E-state index contributed by atoms with van der Waals surface area (Å²) in [5.74, 6) is 0.611. The van der Waals surface area contributed by atoms with Gasteiger partial charge >= 0.3 is 0 Å². The summed E-state index contributed by atoms with van der Waals surface area (Å²) in [5, 5.41) is 14.4. The number of aromatic hydroxyl groups is 1. The highest BCUT2D eigenvalue weighted by Crippen LogP contribution is 2.25. The molecule has 2 N–H and O–H groups in total. The molecule has 1 aromatic carbocycles. The molecule has 0 saturated carbocycles. The molecular formula is C18H14N4O2S. The predicted octanol–water partition coefficient (Wildman–Crippen LogP) is 3.72. The van der Waals surface area contributed by atoms with Gasteiger partial charge in [0.05, 0.1) is 22.5 Å². The minimum Gasteiger partial charge on any atom is -0.508 e. The molecule has 4 rings (SSSR count). The van der Waals surface area contributed by atoms with Crippen LogP contribution in [-0.4, -0.2) is 25.4 Å². The molecule has 3 heterocycles. The highest BCUT2D eigenvalue weighted by atomic mass is 32.1. The van der Waals surface area contributed by atoms with E-state index in [1.54, 1.807) is 41.1 Å². The van der Waals surface area contributed by atoms with Gasteiger partial charge in [0.25, 0.3) is 5.91 Å². The van der Waals surface area contributed by atoms with Crippen LogP contribution in [-0.2, 0) is 0 Å². The molecule has 0 aliphatic heterocycles. The third kappa shape index (κ3) is 2.85. The van der Waals surface area contributed by atoms with E-state index >= 15 is 0 Å². The van der Waals surface area contributed by atoms with Crippen LogP contribution >= 0.6 is 11.3 Å². The van der Waals surface area contributed by atoms with Crippen molar-refractivity contribution in [2.45, 2.75) is 6.92 Å². The molecule has 25 heavy (non-hydrogen) atoms. The molecule has 0 radical (unpaired) electrons. The number of anilines is 1.